The number of rotatable bonds is 8. The molecule has 0 aliphatic rings. The third-order valence-electron chi connectivity index (χ3n) is 4.33. The van der Waals surface area contributed by atoms with E-state index < -0.39 is 0 Å². The number of benzene rings is 1. The molecule has 7 nitrogen and oxygen atoms in total. The molecule has 0 spiro atoms. The van der Waals surface area contributed by atoms with Crippen LogP contribution in [-0.4, -0.2) is 30.1 Å². The Kier molecular flexibility index (Phi) is 9.99. The van der Waals surface area contributed by atoms with Crippen molar-refractivity contribution in [3.63, 3.8) is 0 Å². The number of ether oxygens (including phenoxy) is 2. The number of hydrogen-bond acceptors (Lipinski definition) is 6. The molecule has 0 radical (unpaired) electrons. The Morgan fingerprint density at radius 2 is 1.77 bits per heavy atom. The Morgan fingerprint density at radius 1 is 1.06 bits per heavy atom. The molecule has 0 fully saturated rings. The van der Waals surface area contributed by atoms with Crippen molar-refractivity contribution in [1.29, 1.82) is 0 Å². The summed E-state index contributed by atoms with van der Waals surface area (Å²) in [6, 6.07) is 11.2. The van der Waals surface area contributed by atoms with Gasteiger partial charge in [-0.1, -0.05) is 19.9 Å². The predicted molar refractivity (Wildman–Crippen MR) is 136 cm³/mol. The SMILES string of the molecule is CN=C(NCc1ccc(Oc2ccc(OC)cc2)nc1)NCc1nc(C(C)C)cs1.I. The third kappa shape index (κ3) is 7.66. The molecule has 2 N–H and O–H groups in total. The highest BCUT2D eigenvalue weighted by Crippen LogP contribution is 2.22. The summed E-state index contributed by atoms with van der Waals surface area (Å²) in [5.41, 5.74) is 2.15. The third-order valence-corrected chi connectivity index (χ3v) is 5.20. The van der Waals surface area contributed by atoms with Crippen LogP contribution in [0.2, 0.25) is 0 Å². The summed E-state index contributed by atoms with van der Waals surface area (Å²) in [6.45, 7) is 5.54. The second-order valence-corrected chi connectivity index (χ2v) is 7.83. The molecule has 0 atom stereocenters. The minimum Gasteiger partial charge on any atom is -0.497 e. The van der Waals surface area contributed by atoms with Gasteiger partial charge in [0, 0.05) is 31.2 Å². The van der Waals surface area contributed by atoms with Gasteiger partial charge in [0.05, 0.1) is 19.3 Å². The van der Waals surface area contributed by atoms with Crippen molar-refractivity contribution >= 4 is 41.3 Å². The lowest BCUT2D eigenvalue weighted by molar-refractivity contribution is 0.412. The summed E-state index contributed by atoms with van der Waals surface area (Å²) >= 11 is 1.66. The highest BCUT2D eigenvalue weighted by Gasteiger charge is 2.07. The zero-order valence-corrected chi connectivity index (χ0v) is 21.2. The molecule has 0 saturated carbocycles. The van der Waals surface area contributed by atoms with Gasteiger partial charge >= 0.3 is 0 Å². The van der Waals surface area contributed by atoms with Crippen molar-refractivity contribution in [1.82, 2.24) is 20.6 Å². The molecule has 0 amide bonds. The first kappa shape index (κ1) is 24.9. The summed E-state index contributed by atoms with van der Waals surface area (Å²) in [5.74, 6) is 3.19. The molecule has 0 saturated heterocycles. The van der Waals surface area contributed by atoms with E-state index in [1.54, 1.807) is 31.7 Å². The standard InChI is InChI=1S/C22H27N5O2S.HI/c1-15(2)19-14-30-21(27-19)13-26-22(23-3)25-12-16-5-10-20(24-11-16)29-18-8-6-17(28-4)7-9-18;/h5-11,14-15H,12-13H2,1-4H3,(H2,23,25,26);1H. The average Bonchev–Trinajstić information content (AvgIpc) is 3.25. The maximum absolute atomic E-state index is 5.76. The number of halogens is 1. The molecule has 0 aliphatic carbocycles. The maximum Gasteiger partial charge on any atom is 0.219 e. The molecular formula is C22H28IN5O2S. The highest BCUT2D eigenvalue weighted by molar-refractivity contribution is 14.0. The first-order chi connectivity index (χ1) is 14.6. The molecule has 0 bridgehead atoms. The predicted octanol–water partition coefficient (Wildman–Crippen LogP) is 4.95. The van der Waals surface area contributed by atoms with E-state index in [4.69, 9.17) is 9.47 Å². The quantitative estimate of drug-likeness (QED) is 0.234. The summed E-state index contributed by atoms with van der Waals surface area (Å²) in [5, 5.41) is 9.74. The molecule has 31 heavy (non-hydrogen) atoms. The number of pyridine rings is 1. The van der Waals surface area contributed by atoms with Crippen LogP contribution in [0.15, 0.2) is 53.0 Å². The van der Waals surface area contributed by atoms with E-state index in [0.29, 0.717) is 30.6 Å². The fourth-order valence-corrected chi connectivity index (χ4v) is 3.47. The van der Waals surface area contributed by atoms with Crippen molar-refractivity contribution in [2.45, 2.75) is 32.9 Å². The van der Waals surface area contributed by atoms with Gasteiger partial charge in [0.2, 0.25) is 5.88 Å². The maximum atomic E-state index is 5.76. The number of nitrogens with zero attached hydrogens (tertiary/aromatic N) is 3. The van der Waals surface area contributed by atoms with Crippen LogP contribution in [0.4, 0.5) is 0 Å². The lowest BCUT2D eigenvalue weighted by Crippen LogP contribution is -2.36. The van der Waals surface area contributed by atoms with Gasteiger partial charge in [-0.25, -0.2) is 9.97 Å². The number of aromatic nitrogens is 2. The van der Waals surface area contributed by atoms with Gasteiger partial charge in [-0.05, 0) is 35.7 Å². The van der Waals surface area contributed by atoms with Crippen molar-refractivity contribution in [2.75, 3.05) is 14.2 Å². The van der Waals surface area contributed by atoms with Crippen LogP contribution in [0, 0.1) is 0 Å². The Bertz CT molecular complexity index is 959. The average molecular weight is 553 g/mol. The van der Waals surface area contributed by atoms with Crippen molar-refractivity contribution in [3.8, 4) is 17.4 Å². The van der Waals surface area contributed by atoms with Gasteiger partial charge in [-0.15, -0.1) is 35.3 Å². The Balaban J connectivity index is 0.00000341. The molecule has 166 valence electrons. The molecule has 3 aromatic rings. The molecule has 3 rings (SSSR count). The Morgan fingerprint density at radius 3 is 2.35 bits per heavy atom. The van der Waals surface area contributed by atoms with E-state index in [0.717, 1.165) is 28.0 Å². The summed E-state index contributed by atoms with van der Waals surface area (Å²) in [4.78, 5) is 13.3. The van der Waals surface area contributed by atoms with Gasteiger partial charge in [0.1, 0.15) is 16.5 Å². The van der Waals surface area contributed by atoms with Crippen molar-refractivity contribution < 1.29 is 9.47 Å². The van der Waals surface area contributed by atoms with Gasteiger partial charge < -0.3 is 20.1 Å². The Labute approximate surface area is 204 Å². The zero-order chi connectivity index (χ0) is 21.3. The minimum atomic E-state index is 0. The van der Waals surface area contributed by atoms with Crippen LogP contribution >= 0.6 is 35.3 Å². The lowest BCUT2D eigenvalue weighted by atomic mass is 10.2. The largest absolute Gasteiger partial charge is 0.497 e. The highest BCUT2D eigenvalue weighted by atomic mass is 127. The molecule has 2 heterocycles. The number of methoxy groups -OCH3 is 1. The molecular weight excluding hydrogens is 525 g/mol. The molecule has 0 aliphatic heterocycles. The van der Waals surface area contributed by atoms with E-state index in [1.165, 1.54) is 0 Å². The van der Waals surface area contributed by atoms with Crippen LogP contribution in [-0.2, 0) is 13.1 Å². The number of thiazole rings is 1. The monoisotopic (exact) mass is 553 g/mol. The van der Waals surface area contributed by atoms with Crippen molar-refractivity contribution in [2.24, 2.45) is 4.99 Å². The summed E-state index contributed by atoms with van der Waals surface area (Å²) < 4.78 is 10.9. The van der Waals surface area contributed by atoms with E-state index in [9.17, 15) is 0 Å². The van der Waals surface area contributed by atoms with Crippen LogP contribution < -0.4 is 20.1 Å². The van der Waals surface area contributed by atoms with Crippen LogP contribution in [0.1, 0.15) is 36.0 Å². The van der Waals surface area contributed by atoms with E-state index >= 15 is 0 Å². The number of aliphatic imine (C=N–C) groups is 1. The number of guanidine groups is 1. The normalized spacial score (nSPS) is 11.1. The topological polar surface area (TPSA) is 80.7 Å². The van der Waals surface area contributed by atoms with Gasteiger partial charge in [0.25, 0.3) is 0 Å². The van der Waals surface area contributed by atoms with E-state index in [1.807, 2.05) is 36.4 Å². The fourth-order valence-electron chi connectivity index (χ4n) is 2.58. The first-order valence-corrected chi connectivity index (χ1v) is 10.6. The number of nitrogens with one attached hydrogen (secondary N) is 2. The first-order valence-electron chi connectivity index (χ1n) is 9.73. The zero-order valence-electron chi connectivity index (χ0n) is 18.1. The summed E-state index contributed by atoms with van der Waals surface area (Å²) in [7, 11) is 3.39. The van der Waals surface area contributed by atoms with Gasteiger partial charge in [0.15, 0.2) is 5.96 Å². The lowest BCUT2D eigenvalue weighted by Gasteiger charge is -2.11. The van der Waals surface area contributed by atoms with E-state index in [2.05, 4.69) is 44.8 Å². The molecule has 0 unspecified atom stereocenters. The molecule has 9 heteroatoms. The van der Waals surface area contributed by atoms with Gasteiger partial charge in [-0.2, -0.15) is 0 Å². The van der Waals surface area contributed by atoms with E-state index in [-0.39, 0.29) is 24.0 Å². The number of hydrogen-bond donors (Lipinski definition) is 2. The summed E-state index contributed by atoms with van der Waals surface area (Å²) in [6.07, 6.45) is 1.79. The minimum absolute atomic E-state index is 0. The molecule has 2 aromatic heterocycles. The van der Waals surface area contributed by atoms with Gasteiger partial charge in [-0.3, -0.25) is 4.99 Å². The second-order valence-electron chi connectivity index (χ2n) is 6.88. The molecule has 1 aromatic carbocycles. The Hall–Kier alpha value is -2.40. The van der Waals surface area contributed by atoms with Crippen molar-refractivity contribution in [3.05, 3.63) is 64.2 Å². The van der Waals surface area contributed by atoms with Crippen LogP contribution in [0.3, 0.4) is 0 Å². The second kappa shape index (κ2) is 12.5. The fraction of sp³-hybridized carbons (Fsp3) is 0.318. The van der Waals surface area contributed by atoms with Crippen LogP contribution in [0.5, 0.6) is 17.4 Å². The smallest absolute Gasteiger partial charge is 0.219 e. The van der Waals surface area contributed by atoms with Crippen LogP contribution in [0.25, 0.3) is 0 Å².